The van der Waals surface area contributed by atoms with Gasteiger partial charge in [-0.1, -0.05) is 48.0 Å². The summed E-state index contributed by atoms with van der Waals surface area (Å²) in [6.07, 6.45) is 1.53. The number of halogens is 1. The molecule has 0 fully saturated rings. The van der Waals surface area contributed by atoms with Crippen LogP contribution in [0.15, 0.2) is 53.9 Å². The van der Waals surface area contributed by atoms with Crippen molar-refractivity contribution in [3.05, 3.63) is 75.7 Å². The van der Waals surface area contributed by atoms with E-state index in [9.17, 15) is 8.42 Å². The zero-order valence-electron chi connectivity index (χ0n) is 12.7. The first-order valence-corrected chi connectivity index (χ1v) is 8.91. The molecular weight excluding hydrogens is 334 g/mol. The molecule has 122 valence electrons. The summed E-state index contributed by atoms with van der Waals surface area (Å²) >= 11 is 5.79. The maximum atomic E-state index is 12.0. The van der Waals surface area contributed by atoms with Gasteiger partial charge in [0.15, 0.2) is 0 Å². The van der Waals surface area contributed by atoms with Gasteiger partial charge in [0.25, 0.3) is 0 Å². The molecule has 0 radical (unpaired) electrons. The van der Waals surface area contributed by atoms with Gasteiger partial charge in [-0.15, -0.1) is 0 Å². The van der Waals surface area contributed by atoms with Gasteiger partial charge in [0.2, 0.25) is 10.0 Å². The number of sulfonamides is 1. The van der Waals surface area contributed by atoms with Crippen molar-refractivity contribution in [3.63, 3.8) is 0 Å². The van der Waals surface area contributed by atoms with Gasteiger partial charge in [-0.3, -0.25) is 0 Å². The molecule has 0 aromatic heterocycles. The van der Waals surface area contributed by atoms with E-state index in [1.54, 1.807) is 31.4 Å². The molecule has 0 aliphatic rings. The number of hydrogen-bond donors (Lipinski definition) is 1. The molecule has 0 aliphatic heterocycles. The second-order valence-electron chi connectivity index (χ2n) is 4.97. The van der Waals surface area contributed by atoms with Gasteiger partial charge in [0.1, 0.15) is 0 Å². The molecule has 0 spiro atoms. The van der Waals surface area contributed by atoms with E-state index in [-0.39, 0.29) is 6.54 Å². The normalized spacial score (nSPS) is 11.9. The molecule has 0 atom stereocenters. The summed E-state index contributed by atoms with van der Waals surface area (Å²) in [4.78, 5) is 0. The summed E-state index contributed by atoms with van der Waals surface area (Å²) in [7, 11) is -1.89. The monoisotopic (exact) mass is 351 g/mol. The van der Waals surface area contributed by atoms with Crippen LogP contribution in [0.4, 0.5) is 0 Å². The van der Waals surface area contributed by atoms with Crippen LogP contribution in [0.25, 0.3) is 6.08 Å². The highest BCUT2D eigenvalue weighted by Crippen LogP contribution is 2.11. The van der Waals surface area contributed by atoms with Gasteiger partial charge in [0.05, 0.1) is 6.61 Å². The van der Waals surface area contributed by atoms with Gasteiger partial charge >= 0.3 is 0 Å². The second-order valence-corrected chi connectivity index (χ2v) is 7.06. The largest absolute Gasteiger partial charge is 0.380 e. The van der Waals surface area contributed by atoms with E-state index < -0.39 is 10.0 Å². The Labute approximate surface area is 141 Å². The Morgan fingerprint density at radius 2 is 1.83 bits per heavy atom. The average Bonchev–Trinajstić information content (AvgIpc) is 2.53. The molecule has 0 bridgehead atoms. The Hall–Kier alpha value is -1.66. The predicted octanol–water partition coefficient (Wildman–Crippen LogP) is 3.58. The number of methoxy groups -OCH3 is 1. The summed E-state index contributed by atoms with van der Waals surface area (Å²) in [6.45, 7) is 0.724. The van der Waals surface area contributed by atoms with Crippen molar-refractivity contribution in [3.8, 4) is 0 Å². The lowest BCUT2D eigenvalue weighted by atomic mass is 10.1. The SMILES string of the molecule is COCc1cccc(CNS(=O)(=O)C=Cc2ccc(Cl)cc2)c1. The maximum Gasteiger partial charge on any atom is 0.234 e. The molecular formula is C17H18ClNO3S. The first-order chi connectivity index (χ1) is 11.0. The van der Waals surface area contributed by atoms with E-state index in [1.165, 1.54) is 6.08 Å². The third-order valence-corrected chi connectivity index (χ3v) is 4.38. The fourth-order valence-electron chi connectivity index (χ4n) is 1.97. The number of benzene rings is 2. The zero-order valence-corrected chi connectivity index (χ0v) is 14.3. The van der Waals surface area contributed by atoms with E-state index in [1.807, 2.05) is 24.3 Å². The van der Waals surface area contributed by atoms with E-state index >= 15 is 0 Å². The fourth-order valence-corrected chi connectivity index (χ4v) is 2.90. The van der Waals surface area contributed by atoms with Crippen molar-refractivity contribution in [2.24, 2.45) is 0 Å². The molecule has 2 aromatic carbocycles. The third-order valence-electron chi connectivity index (χ3n) is 3.09. The number of nitrogens with one attached hydrogen (secondary N) is 1. The van der Waals surface area contributed by atoms with Crippen molar-refractivity contribution in [2.75, 3.05) is 7.11 Å². The van der Waals surface area contributed by atoms with Crippen LogP contribution in [0.2, 0.25) is 5.02 Å². The molecule has 2 rings (SSSR count). The highest BCUT2D eigenvalue weighted by molar-refractivity contribution is 7.92. The molecule has 0 heterocycles. The summed E-state index contributed by atoms with van der Waals surface area (Å²) in [5.41, 5.74) is 2.64. The van der Waals surface area contributed by atoms with Crippen LogP contribution in [0.3, 0.4) is 0 Å². The minimum Gasteiger partial charge on any atom is -0.380 e. The van der Waals surface area contributed by atoms with Gasteiger partial charge in [-0.05, 0) is 34.9 Å². The van der Waals surface area contributed by atoms with Crippen molar-refractivity contribution in [1.29, 1.82) is 0 Å². The Kier molecular flexibility index (Phi) is 6.36. The van der Waals surface area contributed by atoms with Crippen molar-refractivity contribution < 1.29 is 13.2 Å². The number of ether oxygens (including phenoxy) is 1. The first kappa shape index (κ1) is 17.7. The maximum absolute atomic E-state index is 12.0. The number of rotatable bonds is 7. The van der Waals surface area contributed by atoms with Gasteiger partial charge in [0, 0.05) is 24.1 Å². The summed E-state index contributed by atoms with van der Waals surface area (Å²) < 4.78 is 31.6. The Morgan fingerprint density at radius 3 is 2.52 bits per heavy atom. The molecule has 0 saturated heterocycles. The lowest BCUT2D eigenvalue weighted by Gasteiger charge is -2.06. The van der Waals surface area contributed by atoms with E-state index in [2.05, 4.69) is 4.72 Å². The highest BCUT2D eigenvalue weighted by atomic mass is 35.5. The van der Waals surface area contributed by atoms with Crippen molar-refractivity contribution in [2.45, 2.75) is 13.2 Å². The molecule has 0 unspecified atom stereocenters. The van der Waals surface area contributed by atoms with Crippen LogP contribution in [0.5, 0.6) is 0 Å². The third kappa shape index (κ3) is 6.15. The summed E-state index contributed by atoms with van der Waals surface area (Å²) in [6, 6.07) is 14.5. The van der Waals surface area contributed by atoms with Gasteiger partial charge < -0.3 is 4.74 Å². The Bertz CT molecular complexity index is 771. The van der Waals surface area contributed by atoms with Crippen LogP contribution < -0.4 is 4.72 Å². The van der Waals surface area contributed by atoms with Crippen LogP contribution in [-0.2, 0) is 27.9 Å². The van der Waals surface area contributed by atoms with E-state index in [0.717, 1.165) is 22.1 Å². The molecule has 2 aromatic rings. The van der Waals surface area contributed by atoms with E-state index in [4.69, 9.17) is 16.3 Å². The summed E-state index contributed by atoms with van der Waals surface area (Å²) in [5.74, 6) is 0. The Balaban J connectivity index is 1.98. The average molecular weight is 352 g/mol. The van der Waals surface area contributed by atoms with Crippen LogP contribution in [0.1, 0.15) is 16.7 Å². The highest BCUT2D eigenvalue weighted by Gasteiger charge is 2.05. The summed E-state index contributed by atoms with van der Waals surface area (Å²) in [5, 5.41) is 1.76. The fraction of sp³-hybridized carbons (Fsp3) is 0.176. The number of hydrogen-bond acceptors (Lipinski definition) is 3. The van der Waals surface area contributed by atoms with Crippen LogP contribution in [0, 0.1) is 0 Å². The molecule has 4 nitrogen and oxygen atoms in total. The quantitative estimate of drug-likeness (QED) is 0.829. The van der Waals surface area contributed by atoms with Crippen LogP contribution in [-0.4, -0.2) is 15.5 Å². The van der Waals surface area contributed by atoms with E-state index in [0.29, 0.717) is 11.6 Å². The minimum atomic E-state index is -3.51. The molecule has 6 heteroatoms. The topological polar surface area (TPSA) is 55.4 Å². The Morgan fingerprint density at radius 1 is 1.13 bits per heavy atom. The zero-order chi connectivity index (χ0) is 16.7. The molecule has 0 aliphatic carbocycles. The lowest BCUT2D eigenvalue weighted by molar-refractivity contribution is 0.185. The first-order valence-electron chi connectivity index (χ1n) is 6.98. The second kappa shape index (κ2) is 8.26. The molecule has 23 heavy (non-hydrogen) atoms. The smallest absolute Gasteiger partial charge is 0.234 e. The standard InChI is InChI=1S/C17H18ClNO3S/c1-22-13-16-4-2-3-15(11-16)12-19-23(20,21)10-9-14-5-7-17(18)8-6-14/h2-11,19H,12-13H2,1H3. The van der Waals surface area contributed by atoms with Crippen molar-refractivity contribution >= 4 is 27.7 Å². The predicted molar refractivity (Wildman–Crippen MR) is 93.4 cm³/mol. The molecule has 0 amide bonds. The van der Waals surface area contributed by atoms with Crippen molar-refractivity contribution in [1.82, 2.24) is 4.72 Å². The lowest BCUT2D eigenvalue weighted by Crippen LogP contribution is -2.20. The molecule has 1 N–H and O–H groups in total. The van der Waals surface area contributed by atoms with Gasteiger partial charge in [-0.2, -0.15) is 0 Å². The van der Waals surface area contributed by atoms with Crippen LogP contribution >= 0.6 is 11.6 Å². The molecule has 0 saturated carbocycles. The minimum absolute atomic E-state index is 0.227. The van der Waals surface area contributed by atoms with Gasteiger partial charge in [-0.25, -0.2) is 13.1 Å².